The van der Waals surface area contributed by atoms with Gasteiger partial charge in [-0.05, 0) is 48.4 Å². The third-order valence-electron chi connectivity index (χ3n) is 3.89. The number of benzene rings is 1. The number of nitrogens with one attached hydrogen (secondary N) is 1. The molecule has 0 bridgehead atoms. The molecule has 122 valence electrons. The van der Waals surface area contributed by atoms with Gasteiger partial charge in [0.15, 0.2) is 0 Å². The number of anilines is 1. The SMILES string of the molecule is CN(C(=O)Nc1cccc(C#Cc2ccccn2)c1)C1CCSC1. The van der Waals surface area contributed by atoms with Gasteiger partial charge in [0.25, 0.3) is 0 Å². The van der Waals surface area contributed by atoms with Crippen LogP contribution in [0, 0.1) is 11.8 Å². The average molecular weight is 337 g/mol. The van der Waals surface area contributed by atoms with Gasteiger partial charge in [-0.15, -0.1) is 0 Å². The standard InChI is InChI=1S/C19H19N3OS/c1-22(18-10-12-24-14-18)19(23)21-17-7-4-5-15(13-17)8-9-16-6-2-3-11-20-16/h2-7,11,13,18H,10,12,14H2,1H3,(H,21,23). The van der Waals surface area contributed by atoms with Gasteiger partial charge in [0.05, 0.1) is 0 Å². The van der Waals surface area contributed by atoms with Crippen LogP contribution in [0.3, 0.4) is 0 Å². The summed E-state index contributed by atoms with van der Waals surface area (Å²) in [4.78, 5) is 18.3. The number of hydrogen-bond donors (Lipinski definition) is 1. The maximum absolute atomic E-state index is 12.3. The van der Waals surface area contributed by atoms with Gasteiger partial charge in [0.2, 0.25) is 0 Å². The highest BCUT2D eigenvalue weighted by Crippen LogP contribution is 2.22. The van der Waals surface area contributed by atoms with Gasteiger partial charge in [0, 0.05) is 36.3 Å². The Balaban J connectivity index is 1.67. The summed E-state index contributed by atoms with van der Waals surface area (Å²) in [6.07, 6.45) is 2.78. The van der Waals surface area contributed by atoms with Crippen molar-refractivity contribution in [3.8, 4) is 11.8 Å². The summed E-state index contributed by atoms with van der Waals surface area (Å²) in [5.41, 5.74) is 2.33. The second kappa shape index (κ2) is 7.89. The molecule has 4 nitrogen and oxygen atoms in total. The Morgan fingerprint density at radius 3 is 2.96 bits per heavy atom. The molecule has 0 radical (unpaired) electrons. The van der Waals surface area contributed by atoms with Crippen LogP contribution in [0.1, 0.15) is 17.7 Å². The molecule has 1 fully saturated rings. The third-order valence-corrected chi connectivity index (χ3v) is 5.03. The first-order valence-electron chi connectivity index (χ1n) is 7.87. The molecule has 2 heterocycles. The number of thioether (sulfide) groups is 1. The molecule has 24 heavy (non-hydrogen) atoms. The summed E-state index contributed by atoms with van der Waals surface area (Å²) in [6, 6.07) is 13.5. The second-order valence-corrected chi connectivity index (χ2v) is 6.75. The molecule has 0 spiro atoms. The highest BCUT2D eigenvalue weighted by molar-refractivity contribution is 7.99. The molecular formula is C19H19N3OS. The zero-order chi connectivity index (χ0) is 16.8. The van der Waals surface area contributed by atoms with Gasteiger partial charge in [-0.3, -0.25) is 0 Å². The Labute approximate surface area is 146 Å². The lowest BCUT2D eigenvalue weighted by atomic mass is 10.2. The van der Waals surface area contributed by atoms with E-state index in [1.807, 2.05) is 61.3 Å². The van der Waals surface area contributed by atoms with Crippen molar-refractivity contribution in [1.82, 2.24) is 9.88 Å². The molecule has 5 heteroatoms. The minimum Gasteiger partial charge on any atom is -0.324 e. The predicted molar refractivity (Wildman–Crippen MR) is 99.2 cm³/mol. The van der Waals surface area contributed by atoms with E-state index >= 15 is 0 Å². The van der Waals surface area contributed by atoms with Crippen molar-refractivity contribution < 1.29 is 4.79 Å². The molecule has 2 amide bonds. The number of hydrogen-bond acceptors (Lipinski definition) is 3. The van der Waals surface area contributed by atoms with Crippen molar-refractivity contribution in [3.05, 3.63) is 59.9 Å². The van der Waals surface area contributed by atoms with Crippen LogP contribution in [0.25, 0.3) is 0 Å². The first kappa shape index (κ1) is 16.4. The third kappa shape index (κ3) is 4.30. The zero-order valence-corrected chi connectivity index (χ0v) is 14.3. The summed E-state index contributed by atoms with van der Waals surface area (Å²) in [5, 5.41) is 2.95. The van der Waals surface area contributed by atoms with E-state index in [0.29, 0.717) is 6.04 Å². The van der Waals surface area contributed by atoms with Crippen molar-refractivity contribution in [1.29, 1.82) is 0 Å². The van der Waals surface area contributed by atoms with Gasteiger partial charge < -0.3 is 10.2 Å². The lowest BCUT2D eigenvalue weighted by Gasteiger charge is -2.24. The summed E-state index contributed by atoms with van der Waals surface area (Å²) in [5.74, 6) is 8.24. The van der Waals surface area contributed by atoms with Gasteiger partial charge in [-0.25, -0.2) is 9.78 Å². The summed E-state index contributed by atoms with van der Waals surface area (Å²) >= 11 is 1.90. The molecule has 3 rings (SSSR count). The molecule has 1 aliphatic rings. The van der Waals surface area contributed by atoms with E-state index in [1.165, 1.54) is 0 Å². The van der Waals surface area contributed by atoms with E-state index in [2.05, 4.69) is 22.1 Å². The molecule has 1 atom stereocenters. The topological polar surface area (TPSA) is 45.2 Å². The van der Waals surface area contributed by atoms with E-state index in [-0.39, 0.29) is 6.03 Å². The fraction of sp³-hybridized carbons (Fsp3) is 0.263. The molecule has 1 aromatic heterocycles. The maximum atomic E-state index is 12.3. The fourth-order valence-electron chi connectivity index (χ4n) is 2.45. The van der Waals surface area contributed by atoms with Crippen LogP contribution in [-0.2, 0) is 0 Å². The largest absolute Gasteiger partial charge is 0.324 e. The molecule has 1 aromatic carbocycles. The molecule has 1 saturated heterocycles. The first-order valence-corrected chi connectivity index (χ1v) is 9.02. The molecule has 1 N–H and O–H groups in total. The molecular weight excluding hydrogens is 318 g/mol. The predicted octanol–water partition coefficient (Wildman–Crippen LogP) is 3.45. The lowest BCUT2D eigenvalue weighted by molar-refractivity contribution is 0.209. The summed E-state index contributed by atoms with van der Waals surface area (Å²) in [6.45, 7) is 0. The Bertz CT molecular complexity index is 761. The average Bonchev–Trinajstić information content (AvgIpc) is 3.15. The second-order valence-electron chi connectivity index (χ2n) is 5.60. The zero-order valence-electron chi connectivity index (χ0n) is 13.5. The van der Waals surface area contributed by atoms with Crippen LogP contribution in [0.5, 0.6) is 0 Å². The number of carbonyl (C=O) groups is 1. The van der Waals surface area contributed by atoms with Crippen LogP contribution < -0.4 is 5.32 Å². The van der Waals surface area contributed by atoms with Crippen LogP contribution >= 0.6 is 11.8 Å². The van der Waals surface area contributed by atoms with Crippen molar-refractivity contribution in [3.63, 3.8) is 0 Å². The van der Waals surface area contributed by atoms with Crippen molar-refractivity contribution >= 4 is 23.5 Å². The van der Waals surface area contributed by atoms with Crippen LogP contribution in [0.2, 0.25) is 0 Å². The fourth-order valence-corrected chi connectivity index (χ4v) is 3.72. The highest BCUT2D eigenvalue weighted by Gasteiger charge is 2.23. The molecule has 2 aromatic rings. The number of urea groups is 1. The quantitative estimate of drug-likeness (QED) is 0.854. The van der Waals surface area contributed by atoms with Gasteiger partial charge >= 0.3 is 6.03 Å². The minimum absolute atomic E-state index is 0.0719. The Kier molecular flexibility index (Phi) is 5.39. The van der Waals surface area contributed by atoms with Gasteiger partial charge in [-0.2, -0.15) is 11.8 Å². The number of carbonyl (C=O) groups excluding carboxylic acids is 1. The monoisotopic (exact) mass is 337 g/mol. The van der Waals surface area contributed by atoms with Crippen LogP contribution in [0.15, 0.2) is 48.7 Å². The van der Waals surface area contributed by atoms with Gasteiger partial charge in [0.1, 0.15) is 5.69 Å². The van der Waals surface area contributed by atoms with Crippen LogP contribution in [-0.4, -0.2) is 40.5 Å². The molecule has 1 aliphatic heterocycles. The first-order chi connectivity index (χ1) is 11.7. The Morgan fingerprint density at radius 1 is 1.29 bits per heavy atom. The number of aromatic nitrogens is 1. The number of pyridine rings is 1. The van der Waals surface area contributed by atoms with E-state index < -0.39 is 0 Å². The van der Waals surface area contributed by atoms with Crippen molar-refractivity contribution in [2.75, 3.05) is 23.9 Å². The maximum Gasteiger partial charge on any atom is 0.321 e. The van der Waals surface area contributed by atoms with Crippen molar-refractivity contribution in [2.24, 2.45) is 0 Å². The highest BCUT2D eigenvalue weighted by atomic mass is 32.2. The minimum atomic E-state index is -0.0719. The lowest BCUT2D eigenvalue weighted by Crippen LogP contribution is -2.39. The summed E-state index contributed by atoms with van der Waals surface area (Å²) < 4.78 is 0. The van der Waals surface area contributed by atoms with E-state index in [4.69, 9.17) is 0 Å². The number of nitrogens with zero attached hydrogens (tertiary/aromatic N) is 2. The van der Waals surface area contributed by atoms with Crippen molar-refractivity contribution in [2.45, 2.75) is 12.5 Å². The number of rotatable bonds is 2. The van der Waals surface area contributed by atoms with Gasteiger partial charge in [-0.1, -0.05) is 18.1 Å². The summed E-state index contributed by atoms with van der Waals surface area (Å²) in [7, 11) is 1.86. The smallest absolute Gasteiger partial charge is 0.321 e. The Morgan fingerprint density at radius 2 is 2.21 bits per heavy atom. The normalized spacial score (nSPS) is 16.1. The van der Waals surface area contributed by atoms with E-state index in [1.54, 1.807) is 11.1 Å². The molecule has 1 unspecified atom stereocenters. The van der Waals surface area contributed by atoms with E-state index in [9.17, 15) is 4.79 Å². The Hall–Kier alpha value is -2.45. The van der Waals surface area contributed by atoms with E-state index in [0.717, 1.165) is 34.9 Å². The number of amides is 2. The molecule has 0 aliphatic carbocycles. The van der Waals surface area contributed by atoms with Crippen LogP contribution in [0.4, 0.5) is 10.5 Å². The molecule has 0 saturated carbocycles.